The monoisotopic (exact) mass is 254 g/mol. The first-order valence-corrected chi connectivity index (χ1v) is 5.44. The van der Waals surface area contributed by atoms with Gasteiger partial charge in [0.15, 0.2) is 11.5 Å². The Kier molecular flexibility index (Phi) is 4.79. The van der Waals surface area contributed by atoms with E-state index in [2.05, 4.69) is 5.32 Å². The van der Waals surface area contributed by atoms with Crippen molar-refractivity contribution in [3.05, 3.63) is 17.7 Å². The number of carbonyl (C=O) groups is 1. The van der Waals surface area contributed by atoms with E-state index < -0.39 is 12.0 Å². The van der Waals surface area contributed by atoms with Crippen molar-refractivity contribution in [2.75, 3.05) is 26.1 Å². The molecule has 1 unspecified atom stereocenters. The maximum Gasteiger partial charge on any atom is 0.322 e. The molecule has 0 spiro atoms. The van der Waals surface area contributed by atoms with Crippen LogP contribution in [0.4, 0.5) is 5.69 Å². The summed E-state index contributed by atoms with van der Waals surface area (Å²) in [6.07, 6.45) is 0. The van der Waals surface area contributed by atoms with E-state index in [4.69, 9.17) is 20.3 Å². The average molecular weight is 254 g/mol. The van der Waals surface area contributed by atoms with Gasteiger partial charge in [0.05, 0.1) is 14.2 Å². The smallest absolute Gasteiger partial charge is 0.322 e. The van der Waals surface area contributed by atoms with Gasteiger partial charge in [-0.05, 0) is 18.6 Å². The molecule has 0 aliphatic heterocycles. The third-order valence-corrected chi connectivity index (χ3v) is 2.56. The summed E-state index contributed by atoms with van der Waals surface area (Å²) in [5.41, 5.74) is 7.11. The van der Waals surface area contributed by atoms with Crippen LogP contribution in [0.1, 0.15) is 5.56 Å². The van der Waals surface area contributed by atoms with Gasteiger partial charge < -0.3 is 25.6 Å². The molecule has 0 aromatic heterocycles. The normalized spacial score (nSPS) is 11.8. The number of nitrogens with two attached hydrogens (primary N) is 1. The highest BCUT2D eigenvalue weighted by Crippen LogP contribution is 2.32. The summed E-state index contributed by atoms with van der Waals surface area (Å²) in [6.45, 7) is 2.03. The molecule has 6 heteroatoms. The third kappa shape index (κ3) is 3.27. The molecule has 0 saturated heterocycles. The van der Waals surface area contributed by atoms with Gasteiger partial charge in [-0.1, -0.05) is 0 Å². The Morgan fingerprint density at radius 2 is 1.94 bits per heavy atom. The highest BCUT2D eigenvalue weighted by molar-refractivity contribution is 5.74. The lowest BCUT2D eigenvalue weighted by molar-refractivity contribution is -0.138. The Hall–Kier alpha value is -1.95. The number of anilines is 1. The Labute approximate surface area is 106 Å². The maximum absolute atomic E-state index is 10.6. The molecule has 0 saturated carbocycles. The van der Waals surface area contributed by atoms with Crippen molar-refractivity contribution in [2.45, 2.75) is 13.0 Å². The van der Waals surface area contributed by atoms with Crippen molar-refractivity contribution >= 4 is 11.7 Å². The van der Waals surface area contributed by atoms with Crippen molar-refractivity contribution in [3.63, 3.8) is 0 Å². The van der Waals surface area contributed by atoms with Gasteiger partial charge in [-0.25, -0.2) is 0 Å². The van der Waals surface area contributed by atoms with Crippen molar-refractivity contribution < 1.29 is 19.4 Å². The molecule has 1 atom stereocenters. The zero-order valence-corrected chi connectivity index (χ0v) is 10.7. The first kappa shape index (κ1) is 14.1. The Balaban J connectivity index is 2.86. The number of methoxy groups -OCH3 is 2. The fraction of sp³-hybridized carbons (Fsp3) is 0.417. The van der Waals surface area contributed by atoms with E-state index in [0.29, 0.717) is 11.5 Å². The van der Waals surface area contributed by atoms with Crippen LogP contribution in [0.2, 0.25) is 0 Å². The molecule has 1 aromatic carbocycles. The molecule has 0 radical (unpaired) electrons. The van der Waals surface area contributed by atoms with E-state index in [1.54, 1.807) is 20.3 Å². The summed E-state index contributed by atoms with van der Waals surface area (Å²) in [4.78, 5) is 10.6. The first-order valence-electron chi connectivity index (χ1n) is 5.44. The van der Waals surface area contributed by atoms with Crippen molar-refractivity contribution in [3.8, 4) is 11.5 Å². The second-order valence-corrected chi connectivity index (χ2v) is 3.85. The number of aryl methyl sites for hydroxylation is 1. The molecule has 0 heterocycles. The highest BCUT2D eigenvalue weighted by atomic mass is 16.5. The number of hydrogen-bond acceptors (Lipinski definition) is 5. The zero-order chi connectivity index (χ0) is 13.7. The second-order valence-electron chi connectivity index (χ2n) is 3.85. The largest absolute Gasteiger partial charge is 0.493 e. The summed E-state index contributed by atoms with van der Waals surface area (Å²) >= 11 is 0. The lowest BCUT2D eigenvalue weighted by Crippen LogP contribution is -2.37. The summed E-state index contributed by atoms with van der Waals surface area (Å²) in [6, 6.07) is 2.62. The number of hydrogen-bond donors (Lipinski definition) is 3. The van der Waals surface area contributed by atoms with E-state index in [-0.39, 0.29) is 6.54 Å². The quantitative estimate of drug-likeness (QED) is 0.696. The van der Waals surface area contributed by atoms with Gasteiger partial charge in [-0.2, -0.15) is 0 Å². The third-order valence-electron chi connectivity index (χ3n) is 2.56. The molecule has 0 fully saturated rings. The molecule has 18 heavy (non-hydrogen) atoms. The van der Waals surface area contributed by atoms with Crippen molar-refractivity contribution in [2.24, 2.45) is 5.73 Å². The van der Waals surface area contributed by atoms with Gasteiger partial charge in [0.25, 0.3) is 0 Å². The summed E-state index contributed by atoms with van der Waals surface area (Å²) in [5, 5.41) is 11.7. The SMILES string of the molecule is COc1cc(C)c(NCC(N)C(=O)O)cc1OC. The van der Waals surface area contributed by atoms with Gasteiger partial charge in [-0.3, -0.25) is 4.79 Å². The van der Waals surface area contributed by atoms with E-state index in [1.165, 1.54) is 0 Å². The first-order chi connectivity index (χ1) is 8.49. The summed E-state index contributed by atoms with van der Waals surface area (Å²) in [7, 11) is 3.10. The topological polar surface area (TPSA) is 93.8 Å². The van der Waals surface area contributed by atoms with Gasteiger partial charge in [-0.15, -0.1) is 0 Å². The van der Waals surface area contributed by atoms with E-state index in [1.807, 2.05) is 13.0 Å². The lowest BCUT2D eigenvalue weighted by Gasteiger charge is -2.15. The number of aliphatic carboxylic acids is 1. The fourth-order valence-electron chi connectivity index (χ4n) is 1.48. The van der Waals surface area contributed by atoms with Crippen LogP contribution in [-0.2, 0) is 4.79 Å². The van der Waals surface area contributed by atoms with Gasteiger partial charge in [0.1, 0.15) is 6.04 Å². The van der Waals surface area contributed by atoms with Crippen LogP contribution in [0.25, 0.3) is 0 Å². The number of nitrogens with one attached hydrogen (secondary N) is 1. The minimum atomic E-state index is -1.04. The Morgan fingerprint density at radius 1 is 1.39 bits per heavy atom. The highest BCUT2D eigenvalue weighted by Gasteiger charge is 2.13. The van der Waals surface area contributed by atoms with E-state index >= 15 is 0 Å². The number of benzene rings is 1. The van der Waals surface area contributed by atoms with Crippen molar-refractivity contribution in [1.82, 2.24) is 0 Å². The number of rotatable bonds is 6. The molecule has 0 aliphatic rings. The van der Waals surface area contributed by atoms with Gasteiger partial charge >= 0.3 is 5.97 Å². The van der Waals surface area contributed by atoms with Crippen LogP contribution in [0.5, 0.6) is 11.5 Å². The van der Waals surface area contributed by atoms with Crippen LogP contribution in [0.3, 0.4) is 0 Å². The molecule has 6 nitrogen and oxygen atoms in total. The predicted molar refractivity (Wildman–Crippen MR) is 68.4 cm³/mol. The van der Waals surface area contributed by atoms with Crippen LogP contribution < -0.4 is 20.5 Å². The minimum Gasteiger partial charge on any atom is -0.493 e. The summed E-state index contributed by atoms with van der Waals surface area (Å²) in [5.74, 6) is 0.165. The molecule has 1 aromatic rings. The number of ether oxygens (including phenoxy) is 2. The van der Waals surface area contributed by atoms with Crippen LogP contribution in [0, 0.1) is 6.92 Å². The fourth-order valence-corrected chi connectivity index (χ4v) is 1.48. The molecular weight excluding hydrogens is 236 g/mol. The number of carboxylic acids is 1. The second kappa shape index (κ2) is 6.11. The molecule has 4 N–H and O–H groups in total. The van der Waals surface area contributed by atoms with Gasteiger partial charge in [0.2, 0.25) is 0 Å². The Bertz CT molecular complexity index is 434. The average Bonchev–Trinajstić information content (AvgIpc) is 2.36. The maximum atomic E-state index is 10.6. The van der Waals surface area contributed by atoms with Crippen LogP contribution in [-0.4, -0.2) is 37.9 Å². The number of carboxylic acid groups (broad SMARTS) is 1. The molecule has 100 valence electrons. The standard InChI is InChI=1S/C12H18N2O4/c1-7-4-10(17-2)11(18-3)5-9(7)14-6-8(13)12(15)16/h4-5,8,14H,6,13H2,1-3H3,(H,15,16). The molecule has 1 rings (SSSR count). The Morgan fingerprint density at radius 3 is 2.44 bits per heavy atom. The van der Waals surface area contributed by atoms with E-state index in [9.17, 15) is 4.79 Å². The summed E-state index contributed by atoms with van der Waals surface area (Å²) < 4.78 is 10.3. The van der Waals surface area contributed by atoms with Crippen molar-refractivity contribution in [1.29, 1.82) is 0 Å². The molecule has 0 amide bonds. The zero-order valence-electron chi connectivity index (χ0n) is 10.7. The molecule has 0 aliphatic carbocycles. The molecule has 0 bridgehead atoms. The van der Waals surface area contributed by atoms with Gasteiger partial charge in [0, 0.05) is 18.3 Å². The van der Waals surface area contributed by atoms with E-state index in [0.717, 1.165) is 11.3 Å². The van der Waals surface area contributed by atoms with Crippen LogP contribution in [0.15, 0.2) is 12.1 Å². The van der Waals surface area contributed by atoms with Crippen LogP contribution >= 0.6 is 0 Å². The lowest BCUT2D eigenvalue weighted by atomic mass is 10.1. The molecular formula is C12H18N2O4. The predicted octanol–water partition coefficient (Wildman–Crippen LogP) is 0.836. The minimum absolute atomic E-state index is 0.145.